The number of Topliss-reactive ketones (excluding diaryl/α,β-unsaturated/α-hetero) is 1. The molecule has 2 nitrogen and oxygen atoms in total. The molecular weight excluding hydrogens is 399 g/mol. The van der Waals surface area contributed by atoms with Crippen molar-refractivity contribution in [2.24, 2.45) is 5.41 Å². The second-order valence-electron chi connectivity index (χ2n) is 8.60. The molecule has 3 aromatic rings. The summed E-state index contributed by atoms with van der Waals surface area (Å²) in [5.41, 5.74) is 2.16. The summed E-state index contributed by atoms with van der Waals surface area (Å²) >= 11 is 0. The zero-order chi connectivity index (χ0) is 22.1. The average molecular weight is 426 g/mol. The smallest absolute Gasteiger partial charge is 0.173 e. The van der Waals surface area contributed by atoms with E-state index in [1.54, 1.807) is 0 Å². The van der Waals surface area contributed by atoms with Gasteiger partial charge >= 0.3 is 0 Å². The molecule has 0 saturated heterocycles. The Kier molecular flexibility index (Phi) is 5.69. The maximum atomic E-state index is 14.9. The van der Waals surface area contributed by atoms with Gasteiger partial charge in [0.15, 0.2) is 12.9 Å². The molecule has 1 atom stereocenters. The lowest BCUT2D eigenvalue weighted by Crippen LogP contribution is -2.34. The Bertz CT molecular complexity index is 1180. The van der Waals surface area contributed by atoms with Crippen molar-refractivity contribution in [3.63, 3.8) is 0 Å². The molecule has 0 aliphatic heterocycles. The van der Waals surface area contributed by atoms with Gasteiger partial charge in [-0.15, -0.1) is 0 Å². The molecule has 156 valence electrons. The normalized spacial score (nSPS) is 18.8. The molecule has 31 heavy (non-hydrogen) atoms. The van der Waals surface area contributed by atoms with E-state index < -0.39 is 12.6 Å². The summed E-state index contributed by atoms with van der Waals surface area (Å²) < 4.78 is 14.9. The van der Waals surface area contributed by atoms with E-state index in [1.807, 2.05) is 98.8 Å². The highest BCUT2D eigenvalue weighted by Gasteiger charge is 2.39. The molecule has 3 aromatic carbocycles. The van der Waals surface area contributed by atoms with Gasteiger partial charge in [-0.2, -0.15) is 0 Å². The first-order chi connectivity index (χ1) is 14.8. The molecule has 0 fully saturated rings. The van der Waals surface area contributed by atoms with Gasteiger partial charge < -0.3 is 4.57 Å². The van der Waals surface area contributed by atoms with Gasteiger partial charge in [-0.05, 0) is 27.2 Å². The Morgan fingerprint density at radius 1 is 0.806 bits per heavy atom. The van der Waals surface area contributed by atoms with E-state index in [4.69, 9.17) is 0 Å². The number of ketones is 1. The Labute approximate surface area is 184 Å². The van der Waals surface area contributed by atoms with Gasteiger partial charge in [-0.3, -0.25) is 4.79 Å². The standard InChI is InChI=1S/C28H27O2P/c1-21-18-22(2)20-28(3,19-21)27(29)25-16-10-11-17-26(25)31(30,23-12-6-4-7-13-23)24-14-8-5-9-15-24/h4-19H,20H2,1-3H3. The zero-order valence-corrected chi connectivity index (χ0v) is 19.1. The van der Waals surface area contributed by atoms with Crippen molar-refractivity contribution in [2.45, 2.75) is 27.2 Å². The topological polar surface area (TPSA) is 34.1 Å². The molecule has 0 saturated carbocycles. The molecule has 1 aliphatic rings. The minimum atomic E-state index is -3.24. The molecular formula is C28H27O2P. The van der Waals surface area contributed by atoms with Crippen LogP contribution in [-0.4, -0.2) is 5.78 Å². The van der Waals surface area contributed by atoms with Crippen LogP contribution in [-0.2, 0) is 4.57 Å². The van der Waals surface area contributed by atoms with Gasteiger partial charge in [0.25, 0.3) is 0 Å². The predicted molar refractivity (Wildman–Crippen MR) is 130 cm³/mol. The fourth-order valence-electron chi connectivity index (χ4n) is 4.71. The van der Waals surface area contributed by atoms with E-state index in [0.29, 0.717) is 17.3 Å². The van der Waals surface area contributed by atoms with Crippen molar-refractivity contribution in [3.8, 4) is 0 Å². The van der Waals surface area contributed by atoms with Crippen LogP contribution in [0.5, 0.6) is 0 Å². The van der Waals surface area contributed by atoms with Crippen LogP contribution in [0, 0.1) is 5.41 Å². The second kappa shape index (κ2) is 8.29. The van der Waals surface area contributed by atoms with Crippen LogP contribution in [0.3, 0.4) is 0 Å². The van der Waals surface area contributed by atoms with Crippen molar-refractivity contribution >= 4 is 28.8 Å². The summed E-state index contributed by atoms with van der Waals surface area (Å²) in [6.07, 6.45) is 4.84. The molecule has 0 spiro atoms. The van der Waals surface area contributed by atoms with Crippen LogP contribution in [0.4, 0.5) is 0 Å². The van der Waals surface area contributed by atoms with Gasteiger partial charge in [0.2, 0.25) is 0 Å². The minimum Gasteiger partial charge on any atom is -0.309 e. The number of carbonyl (C=O) groups excluding carboxylic acids is 1. The van der Waals surface area contributed by atoms with Gasteiger partial charge in [-0.25, -0.2) is 0 Å². The molecule has 0 amide bonds. The first-order valence-electron chi connectivity index (χ1n) is 10.6. The van der Waals surface area contributed by atoms with E-state index in [9.17, 15) is 9.36 Å². The lowest BCUT2D eigenvalue weighted by Gasteiger charge is -2.31. The summed E-state index contributed by atoms with van der Waals surface area (Å²) in [6.45, 7) is 6.08. The first-order valence-corrected chi connectivity index (χ1v) is 12.3. The van der Waals surface area contributed by atoms with Crippen LogP contribution in [0.25, 0.3) is 0 Å². The highest BCUT2D eigenvalue weighted by molar-refractivity contribution is 7.85. The first kappa shape index (κ1) is 21.3. The summed E-state index contributed by atoms with van der Waals surface area (Å²) in [7, 11) is -3.24. The summed E-state index contributed by atoms with van der Waals surface area (Å²) in [5, 5.41) is 2.08. The molecule has 4 rings (SSSR count). The SMILES string of the molecule is CC1=CC(C)(C(=O)c2ccccc2P(=O)(c2ccccc2)c2ccccc2)CC(C)=C1. The van der Waals surface area contributed by atoms with Crippen molar-refractivity contribution in [1.82, 2.24) is 0 Å². The maximum Gasteiger partial charge on any atom is 0.173 e. The van der Waals surface area contributed by atoms with E-state index in [1.165, 1.54) is 5.57 Å². The third-order valence-corrected chi connectivity index (χ3v) is 9.03. The molecule has 0 aromatic heterocycles. The van der Waals surface area contributed by atoms with Gasteiger partial charge in [0.1, 0.15) is 0 Å². The predicted octanol–water partition coefficient (Wildman–Crippen LogP) is 5.81. The number of hydrogen-bond donors (Lipinski definition) is 0. The van der Waals surface area contributed by atoms with Crippen LogP contribution in [0.1, 0.15) is 37.6 Å². The van der Waals surface area contributed by atoms with E-state index in [2.05, 4.69) is 19.1 Å². The molecule has 0 radical (unpaired) electrons. The lowest BCUT2D eigenvalue weighted by molar-refractivity contribution is 0.0868. The minimum absolute atomic E-state index is 0.0157. The molecule has 1 aliphatic carbocycles. The van der Waals surface area contributed by atoms with Crippen molar-refractivity contribution < 1.29 is 9.36 Å². The fraction of sp³-hybridized carbons (Fsp3) is 0.179. The second-order valence-corrected chi connectivity index (χ2v) is 11.3. The molecule has 0 bridgehead atoms. The quantitative estimate of drug-likeness (QED) is 0.381. The third-order valence-electron chi connectivity index (χ3n) is 5.91. The number of allylic oxidation sites excluding steroid dienone is 4. The highest BCUT2D eigenvalue weighted by Crippen LogP contribution is 2.45. The number of rotatable bonds is 5. The van der Waals surface area contributed by atoms with E-state index in [-0.39, 0.29) is 5.78 Å². The van der Waals surface area contributed by atoms with Crippen LogP contribution in [0.15, 0.2) is 108 Å². The fourth-order valence-corrected chi connectivity index (χ4v) is 7.56. The van der Waals surface area contributed by atoms with Crippen LogP contribution in [0.2, 0.25) is 0 Å². The monoisotopic (exact) mass is 426 g/mol. The van der Waals surface area contributed by atoms with Crippen molar-refractivity contribution in [3.05, 3.63) is 114 Å². The maximum absolute atomic E-state index is 14.9. The largest absolute Gasteiger partial charge is 0.309 e. The molecule has 0 N–H and O–H groups in total. The van der Waals surface area contributed by atoms with Crippen LogP contribution < -0.4 is 15.9 Å². The van der Waals surface area contributed by atoms with Crippen molar-refractivity contribution in [1.29, 1.82) is 0 Å². The van der Waals surface area contributed by atoms with Crippen molar-refractivity contribution in [2.75, 3.05) is 0 Å². The number of benzene rings is 3. The van der Waals surface area contributed by atoms with E-state index in [0.717, 1.165) is 16.2 Å². The Morgan fingerprint density at radius 2 is 1.32 bits per heavy atom. The summed E-state index contributed by atoms with van der Waals surface area (Å²) in [5.74, 6) is 0.0157. The Hall–Kier alpha value is -2.96. The number of hydrogen-bond acceptors (Lipinski definition) is 2. The summed E-state index contributed by atoms with van der Waals surface area (Å²) in [6, 6.07) is 26.5. The Balaban J connectivity index is 1.94. The average Bonchev–Trinajstić information content (AvgIpc) is 2.78. The lowest BCUT2D eigenvalue weighted by atomic mass is 9.73. The molecule has 0 heterocycles. The van der Waals surface area contributed by atoms with Crippen LogP contribution >= 0.6 is 7.14 Å². The van der Waals surface area contributed by atoms with Gasteiger partial charge in [0.05, 0.1) is 5.41 Å². The molecule has 1 unspecified atom stereocenters. The van der Waals surface area contributed by atoms with Gasteiger partial charge in [0, 0.05) is 21.5 Å². The summed E-state index contributed by atoms with van der Waals surface area (Å²) in [4.78, 5) is 13.9. The van der Waals surface area contributed by atoms with E-state index >= 15 is 0 Å². The zero-order valence-electron chi connectivity index (χ0n) is 18.2. The Morgan fingerprint density at radius 3 is 1.87 bits per heavy atom. The number of carbonyl (C=O) groups is 1. The highest BCUT2D eigenvalue weighted by atomic mass is 31.2. The third kappa shape index (κ3) is 3.89. The molecule has 3 heteroatoms. The van der Waals surface area contributed by atoms with Gasteiger partial charge in [-0.1, -0.05) is 108 Å².